The average molecular weight is 287 g/mol. The minimum Gasteiger partial charge on any atom is -0.310 e. The van der Waals surface area contributed by atoms with E-state index in [1.54, 1.807) is 0 Å². The van der Waals surface area contributed by atoms with Crippen LogP contribution in [0.1, 0.15) is 56.7 Å². The van der Waals surface area contributed by atoms with Crippen molar-refractivity contribution in [1.82, 2.24) is 15.2 Å². The van der Waals surface area contributed by atoms with Gasteiger partial charge in [-0.05, 0) is 50.3 Å². The number of hydrogen-bond donors (Lipinski definition) is 1. The van der Waals surface area contributed by atoms with Crippen LogP contribution in [0, 0.1) is 5.92 Å². The predicted molar refractivity (Wildman–Crippen MR) is 87.0 cm³/mol. The van der Waals surface area contributed by atoms with E-state index in [-0.39, 0.29) is 0 Å². The third-order valence-electron chi connectivity index (χ3n) is 5.00. The second kappa shape index (κ2) is 6.89. The Morgan fingerprint density at radius 3 is 2.76 bits per heavy atom. The van der Waals surface area contributed by atoms with Gasteiger partial charge in [0, 0.05) is 31.4 Å². The van der Waals surface area contributed by atoms with Crippen LogP contribution in [-0.2, 0) is 13.1 Å². The van der Waals surface area contributed by atoms with Gasteiger partial charge in [0.05, 0.1) is 5.69 Å². The molecule has 1 N–H and O–H groups in total. The fraction of sp³-hybridized carbons (Fsp3) is 0.722. The topological polar surface area (TPSA) is 28.2 Å². The molecule has 2 saturated carbocycles. The van der Waals surface area contributed by atoms with E-state index in [1.165, 1.54) is 49.8 Å². The van der Waals surface area contributed by atoms with Crippen molar-refractivity contribution in [2.24, 2.45) is 5.92 Å². The summed E-state index contributed by atoms with van der Waals surface area (Å²) in [6.45, 7) is 4.33. The van der Waals surface area contributed by atoms with Gasteiger partial charge < -0.3 is 5.32 Å². The van der Waals surface area contributed by atoms with Crippen molar-refractivity contribution >= 4 is 0 Å². The number of hydrogen-bond acceptors (Lipinski definition) is 3. The third kappa shape index (κ3) is 4.52. The molecule has 21 heavy (non-hydrogen) atoms. The highest BCUT2D eigenvalue weighted by molar-refractivity contribution is 5.14. The predicted octanol–water partition coefficient (Wildman–Crippen LogP) is 3.34. The smallest absolute Gasteiger partial charge is 0.0544 e. The maximum atomic E-state index is 4.65. The summed E-state index contributed by atoms with van der Waals surface area (Å²) in [5.41, 5.74) is 2.51. The molecule has 2 fully saturated rings. The Morgan fingerprint density at radius 1 is 1.24 bits per heavy atom. The highest BCUT2D eigenvalue weighted by Crippen LogP contribution is 2.27. The fourth-order valence-electron chi connectivity index (χ4n) is 3.39. The van der Waals surface area contributed by atoms with Crippen molar-refractivity contribution < 1.29 is 0 Å². The van der Waals surface area contributed by atoms with Gasteiger partial charge in [-0.25, -0.2) is 0 Å². The van der Waals surface area contributed by atoms with E-state index in [1.807, 2.05) is 6.20 Å². The number of aromatic nitrogens is 1. The van der Waals surface area contributed by atoms with Crippen LogP contribution < -0.4 is 5.32 Å². The molecule has 2 aliphatic rings. The Balaban J connectivity index is 1.49. The Kier molecular flexibility index (Phi) is 4.91. The molecule has 0 saturated heterocycles. The Morgan fingerprint density at radius 2 is 2.10 bits per heavy atom. The zero-order valence-electron chi connectivity index (χ0n) is 13.5. The number of pyridine rings is 1. The molecule has 2 atom stereocenters. The summed E-state index contributed by atoms with van der Waals surface area (Å²) in [6.07, 6.45) is 10.2. The van der Waals surface area contributed by atoms with E-state index in [4.69, 9.17) is 0 Å². The highest BCUT2D eigenvalue weighted by atomic mass is 15.1. The van der Waals surface area contributed by atoms with Gasteiger partial charge in [-0.2, -0.15) is 0 Å². The summed E-state index contributed by atoms with van der Waals surface area (Å²) in [4.78, 5) is 7.15. The first-order valence-electron chi connectivity index (χ1n) is 8.58. The lowest BCUT2D eigenvalue weighted by atomic mass is 9.86. The summed E-state index contributed by atoms with van der Waals surface area (Å²) in [5, 5.41) is 3.54. The zero-order valence-corrected chi connectivity index (χ0v) is 13.5. The molecule has 0 aliphatic heterocycles. The zero-order chi connectivity index (χ0) is 14.7. The molecule has 0 amide bonds. The molecule has 0 bridgehead atoms. The first kappa shape index (κ1) is 15.0. The maximum absolute atomic E-state index is 4.65. The van der Waals surface area contributed by atoms with Crippen LogP contribution in [-0.4, -0.2) is 29.0 Å². The monoisotopic (exact) mass is 287 g/mol. The van der Waals surface area contributed by atoms with Gasteiger partial charge in [-0.15, -0.1) is 0 Å². The van der Waals surface area contributed by atoms with E-state index >= 15 is 0 Å². The fourth-order valence-corrected chi connectivity index (χ4v) is 3.39. The van der Waals surface area contributed by atoms with E-state index in [9.17, 15) is 0 Å². The lowest BCUT2D eigenvalue weighted by molar-refractivity contribution is 0.156. The Bertz CT molecular complexity index is 438. The van der Waals surface area contributed by atoms with Crippen LogP contribution >= 0.6 is 0 Å². The van der Waals surface area contributed by atoms with Crippen LogP contribution in [0.5, 0.6) is 0 Å². The van der Waals surface area contributed by atoms with Crippen LogP contribution in [0.4, 0.5) is 0 Å². The lowest BCUT2D eigenvalue weighted by Gasteiger charge is -2.34. The molecular formula is C18H29N3. The minimum atomic E-state index is 0.742. The largest absolute Gasteiger partial charge is 0.310 e. The average Bonchev–Trinajstić information content (AvgIpc) is 3.31. The lowest BCUT2D eigenvalue weighted by Crippen LogP contribution is -2.35. The molecule has 0 spiro atoms. The third-order valence-corrected chi connectivity index (χ3v) is 5.00. The highest BCUT2D eigenvalue weighted by Gasteiger charge is 2.22. The molecule has 1 aromatic heterocycles. The van der Waals surface area contributed by atoms with Crippen LogP contribution in [0.3, 0.4) is 0 Å². The van der Waals surface area contributed by atoms with Crippen molar-refractivity contribution in [1.29, 1.82) is 0 Å². The molecule has 1 heterocycles. The maximum Gasteiger partial charge on any atom is 0.0544 e. The normalized spacial score (nSPS) is 26.2. The molecule has 3 nitrogen and oxygen atoms in total. The van der Waals surface area contributed by atoms with Gasteiger partial charge >= 0.3 is 0 Å². The summed E-state index contributed by atoms with van der Waals surface area (Å²) < 4.78 is 0. The Hall–Kier alpha value is -0.930. The van der Waals surface area contributed by atoms with Gasteiger partial charge in [0.25, 0.3) is 0 Å². The summed E-state index contributed by atoms with van der Waals surface area (Å²) >= 11 is 0. The standard InChI is InChI=1S/C18H29N3/c1-14-4-3-5-18(10-14)21(2)13-17-7-6-15(12-20-17)11-19-16-8-9-16/h6-7,12,14,16,18-19H,3-5,8-11,13H2,1-2H3. The van der Waals surface area contributed by atoms with E-state index in [0.29, 0.717) is 0 Å². The van der Waals surface area contributed by atoms with Crippen molar-refractivity contribution in [2.75, 3.05) is 7.05 Å². The summed E-state index contributed by atoms with van der Waals surface area (Å²) in [5.74, 6) is 0.884. The van der Waals surface area contributed by atoms with Gasteiger partial charge in [0.2, 0.25) is 0 Å². The number of nitrogens with zero attached hydrogens (tertiary/aromatic N) is 2. The molecule has 2 unspecified atom stereocenters. The minimum absolute atomic E-state index is 0.742. The summed E-state index contributed by atoms with van der Waals surface area (Å²) in [6, 6.07) is 5.94. The van der Waals surface area contributed by atoms with Crippen molar-refractivity contribution in [3.05, 3.63) is 29.6 Å². The Labute approximate surface area is 129 Å². The molecule has 0 radical (unpaired) electrons. The quantitative estimate of drug-likeness (QED) is 0.869. The first-order chi connectivity index (χ1) is 10.2. The van der Waals surface area contributed by atoms with E-state index in [2.05, 4.69) is 41.3 Å². The number of nitrogens with one attached hydrogen (secondary N) is 1. The molecule has 3 heteroatoms. The molecular weight excluding hydrogens is 258 g/mol. The van der Waals surface area contributed by atoms with Crippen LogP contribution in [0.25, 0.3) is 0 Å². The molecule has 3 rings (SSSR count). The molecule has 116 valence electrons. The van der Waals surface area contributed by atoms with Crippen LogP contribution in [0.15, 0.2) is 18.3 Å². The first-order valence-corrected chi connectivity index (χ1v) is 8.58. The van der Waals surface area contributed by atoms with Gasteiger partial charge in [-0.3, -0.25) is 9.88 Å². The summed E-state index contributed by atoms with van der Waals surface area (Å²) in [7, 11) is 2.26. The second-order valence-electron chi connectivity index (χ2n) is 7.15. The van der Waals surface area contributed by atoms with Gasteiger partial charge in [0.15, 0.2) is 0 Å². The molecule has 2 aliphatic carbocycles. The van der Waals surface area contributed by atoms with E-state index < -0.39 is 0 Å². The second-order valence-corrected chi connectivity index (χ2v) is 7.15. The van der Waals surface area contributed by atoms with Crippen molar-refractivity contribution in [2.45, 2.75) is 70.6 Å². The van der Waals surface area contributed by atoms with Gasteiger partial charge in [0.1, 0.15) is 0 Å². The van der Waals surface area contributed by atoms with Gasteiger partial charge in [-0.1, -0.05) is 25.8 Å². The van der Waals surface area contributed by atoms with E-state index in [0.717, 1.165) is 31.1 Å². The molecule has 0 aromatic carbocycles. The number of rotatable bonds is 6. The van der Waals surface area contributed by atoms with Crippen molar-refractivity contribution in [3.8, 4) is 0 Å². The van der Waals surface area contributed by atoms with Crippen molar-refractivity contribution in [3.63, 3.8) is 0 Å². The molecule has 1 aromatic rings. The SMILES string of the molecule is CC1CCCC(N(C)Cc2ccc(CNC3CC3)cn2)C1. The van der Waals surface area contributed by atoms with Crippen LogP contribution in [0.2, 0.25) is 0 Å².